The smallest absolute Gasteiger partial charge is 0.258 e. The molecule has 3 N–H and O–H groups in total. The highest BCUT2D eigenvalue weighted by Gasteiger charge is 2.18. The van der Waals surface area contributed by atoms with E-state index in [4.69, 9.17) is 19.4 Å². The predicted octanol–water partition coefficient (Wildman–Crippen LogP) is 4.99. The second-order valence-electron chi connectivity index (χ2n) is 9.25. The number of carbonyl (C=O) groups excluding carboxylic acids is 1. The summed E-state index contributed by atoms with van der Waals surface area (Å²) in [6.45, 7) is 3.76. The Hall–Kier alpha value is -4.14. The van der Waals surface area contributed by atoms with Gasteiger partial charge in [0.2, 0.25) is 0 Å². The number of amides is 1. The maximum atomic E-state index is 12.0. The van der Waals surface area contributed by atoms with Crippen LogP contribution in [0.25, 0.3) is 22.3 Å². The quantitative estimate of drug-likeness (QED) is 0.305. The first kappa shape index (κ1) is 23.6. The first-order chi connectivity index (χ1) is 17.5. The molecule has 5 rings (SSSR count). The van der Waals surface area contributed by atoms with Gasteiger partial charge in [-0.2, -0.15) is 5.10 Å². The third-order valence-electron chi connectivity index (χ3n) is 5.94. The van der Waals surface area contributed by atoms with Crippen molar-refractivity contribution < 1.29 is 14.3 Å². The molecular formula is C27H30N6O3. The lowest BCUT2D eigenvalue weighted by molar-refractivity contribution is -0.123. The molecule has 0 atom stereocenters. The first-order valence-electron chi connectivity index (χ1n) is 12.3. The number of nitrogens with one attached hydrogen (secondary N) is 3. The Bertz CT molecular complexity index is 1330. The molecule has 186 valence electrons. The molecule has 1 aliphatic carbocycles. The Balaban J connectivity index is 1.45. The second kappa shape index (κ2) is 10.6. The van der Waals surface area contributed by atoms with Gasteiger partial charge < -0.3 is 20.1 Å². The van der Waals surface area contributed by atoms with Crippen LogP contribution in [0, 0.1) is 0 Å². The molecule has 9 nitrogen and oxygen atoms in total. The number of anilines is 2. The molecule has 1 aliphatic rings. The monoisotopic (exact) mass is 486 g/mol. The molecule has 4 aromatic rings. The fourth-order valence-corrected chi connectivity index (χ4v) is 4.30. The predicted molar refractivity (Wildman–Crippen MR) is 139 cm³/mol. The highest BCUT2D eigenvalue weighted by Crippen LogP contribution is 2.32. The lowest BCUT2D eigenvalue weighted by Crippen LogP contribution is -2.34. The van der Waals surface area contributed by atoms with E-state index in [2.05, 4.69) is 20.8 Å². The van der Waals surface area contributed by atoms with Crippen LogP contribution < -0.4 is 20.1 Å². The minimum atomic E-state index is -0.167. The molecule has 2 heterocycles. The van der Waals surface area contributed by atoms with Crippen LogP contribution in [0.1, 0.15) is 39.5 Å². The summed E-state index contributed by atoms with van der Waals surface area (Å²) < 4.78 is 11.9. The molecule has 9 heteroatoms. The van der Waals surface area contributed by atoms with Gasteiger partial charge in [-0.25, -0.2) is 9.97 Å². The highest BCUT2D eigenvalue weighted by molar-refractivity contribution is 5.93. The minimum Gasteiger partial charge on any atom is -0.490 e. The Kier molecular flexibility index (Phi) is 6.97. The average Bonchev–Trinajstić information content (AvgIpc) is 3.57. The van der Waals surface area contributed by atoms with Gasteiger partial charge in [0.1, 0.15) is 17.3 Å². The summed E-state index contributed by atoms with van der Waals surface area (Å²) in [6.07, 6.45) is 8.33. The number of fused-ring (bicyclic) bond motifs is 1. The maximum Gasteiger partial charge on any atom is 0.258 e. The van der Waals surface area contributed by atoms with E-state index < -0.39 is 0 Å². The lowest BCUT2D eigenvalue weighted by atomic mass is 10.1. The van der Waals surface area contributed by atoms with E-state index in [1.54, 1.807) is 12.4 Å². The van der Waals surface area contributed by atoms with Crippen LogP contribution in [0.2, 0.25) is 0 Å². The number of aromatic amines is 1. The average molecular weight is 487 g/mol. The molecule has 0 bridgehead atoms. The molecule has 0 saturated heterocycles. The number of aromatic nitrogens is 4. The van der Waals surface area contributed by atoms with E-state index in [0.29, 0.717) is 17.4 Å². The second-order valence-corrected chi connectivity index (χ2v) is 9.25. The molecule has 1 saturated carbocycles. The van der Waals surface area contributed by atoms with Gasteiger partial charge in [-0.05, 0) is 69.9 Å². The number of benzene rings is 2. The summed E-state index contributed by atoms with van der Waals surface area (Å²) in [5.41, 5.74) is 2.35. The van der Waals surface area contributed by atoms with Crippen molar-refractivity contribution in [2.75, 3.05) is 11.9 Å². The number of rotatable bonds is 9. The maximum absolute atomic E-state index is 12.0. The van der Waals surface area contributed by atoms with E-state index in [1.807, 2.05) is 56.3 Å². The van der Waals surface area contributed by atoms with E-state index in [1.165, 1.54) is 12.8 Å². The van der Waals surface area contributed by atoms with Gasteiger partial charge in [0.25, 0.3) is 5.91 Å². The number of hydrogen-bond donors (Lipinski definition) is 3. The van der Waals surface area contributed by atoms with E-state index in [-0.39, 0.29) is 24.7 Å². The van der Waals surface area contributed by atoms with Crippen LogP contribution in [-0.2, 0) is 4.79 Å². The Morgan fingerprint density at radius 2 is 1.97 bits per heavy atom. The SMILES string of the molecule is CC(C)NC(=O)COc1cccc(-c2nc(Nc3cn[nH]c3)c3cc(OC4CCCC4)ccc3n2)c1. The summed E-state index contributed by atoms with van der Waals surface area (Å²) in [5, 5.41) is 13.9. The Morgan fingerprint density at radius 1 is 1.11 bits per heavy atom. The van der Waals surface area contributed by atoms with Crippen molar-refractivity contribution in [1.82, 2.24) is 25.5 Å². The topological polar surface area (TPSA) is 114 Å². The van der Waals surface area contributed by atoms with Gasteiger partial charge in [-0.1, -0.05) is 12.1 Å². The van der Waals surface area contributed by atoms with Crippen molar-refractivity contribution in [2.24, 2.45) is 0 Å². The minimum absolute atomic E-state index is 0.0583. The van der Waals surface area contributed by atoms with Crippen LogP contribution >= 0.6 is 0 Å². The number of carbonyl (C=O) groups is 1. The van der Waals surface area contributed by atoms with Gasteiger partial charge in [-0.15, -0.1) is 0 Å². The summed E-state index contributed by atoms with van der Waals surface area (Å²) in [6, 6.07) is 13.4. The van der Waals surface area contributed by atoms with Crippen LogP contribution in [0.15, 0.2) is 54.9 Å². The summed E-state index contributed by atoms with van der Waals surface area (Å²) in [4.78, 5) is 21.6. The number of ether oxygens (including phenoxy) is 2. The normalized spacial score (nSPS) is 13.8. The van der Waals surface area contributed by atoms with Crippen molar-refractivity contribution in [1.29, 1.82) is 0 Å². The molecule has 36 heavy (non-hydrogen) atoms. The van der Waals surface area contributed by atoms with Crippen LogP contribution in [0.5, 0.6) is 11.5 Å². The lowest BCUT2D eigenvalue weighted by Gasteiger charge is -2.15. The zero-order valence-electron chi connectivity index (χ0n) is 20.5. The van der Waals surface area contributed by atoms with Crippen molar-refractivity contribution in [3.8, 4) is 22.9 Å². The molecule has 2 aromatic carbocycles. The summed E-state index contributed by atoms with van der Waals surface area (Å²) in [7, 11) is 0. The molecule has 0 radical (unpaired) electrons. The van der Waals surface area contributed by atoms with Gasteiger partial charge in [0.05, 0.1) is 23.5 Å². The molecule has 1 fully saturated rings. The van der Waals surface area contributed by atoms with Crippen molar-refractivity contribution in [2.45, 2.75) is 51.7 Å². The fourth-order valence-electron chi connectivity index (χ4n) is 4.30. The van der Waals surface area contributed by atoms with E-state index in [9.17, 15) is 4.79 Å². The van der Waals surface area contributed by atoms with Crippen molar-refractivity contribution >= 4 is 28.3 Å². The van der Waals surface area contributed by atoms with Crippen molar-refractivity contribution in [3.63, 3.8) is 0 Å². The van der Waals surface area contributed by atoms with E-state index in [0.717, 1.165) is 40.7 Å². The standard InChI is InChI=1S/C27H30N6O3/c1-17(2)30-25(34)16-35-21-9-5-6-18(12-21)26-32-24-11-10-22(36-20-7-3-4-8-20)13-23(24)27(33-26)31-19-14-28-29-15-19/h5-6,9-15,17,20H,3-4,7-8,16H2,1-2H3,(H,28,29)(H,30,34)(H,31,32,33). The zero-order chi connectivity index (χ0) is 24.9. The zero-order valence-corrected chi connectivity index (χ0v) is 20.5. The van der Waals surface area contributed by atoms with E-state index >= 15 is 0 Å². The van der Waals surface area contributed by atoms with Gasteiger partial charge in [0.15, 0.2) is 12.4 Å². The molecule has 0 unspecified atom stereocenters. The largest absolute Gasteiger partial charge is 0.490 e. The molecule has 1 amide bonds. The molecular weight excluding hydrogens is 456 g/mol. The van der Waals surface area contributed by atoms with Gasteiger partial charge in [0, 0.05) is 23.2 Å². The van der Waals surface area contributed by atoms with Crippen LogP contribution in [0.4, 0.5) is 11.5 Å². The van der Waals surface area contributed by atoms with Crippen LogP contribution in [-0.4, -0.2) is 44.8 Å². The summed E-state index contributed by atoms with van der Waals surface area (Å²) >= 11 is 0. The third-order valence-corrected chi connectivity index (χ3v) is 5.94. The summed E-state index contributed by atoms with van der Waals surface area (Å²) in [5.74, 6) is 2.40. The third kappa shape index (κ3) is 5.73. The number of H-pyrrole nitrogens is 1. The molecule has 0 aliphatic heterocycles. The molecule has 0 spiro atoms. The Labute approximate surface area is 209 Å². The fraction of sp³-hybridized carbons (Fsp3) is 0.333. The van der Waals surface area contributed by atoms with Crippen molar-refractivity contribution in [3.05, 3.63) is 54.9 Å². The van der Waals surface area contributed by atoms with Crippen LogP contribution in [0.3, 0.4) is 0 Å². The molecule has 2 aromatic heterocycles. The Morgan fingerprint density at radius 3 is 2.75 bits per heavy atom. The number of hydrogen-bond acceptors (Lipinski definition) is 7. The number of nitrogens with zero attached hydrogens (tertiary/aromatic N) is 3. The highest BCUT2D eigenvalue weighted by atomic mass is 16.5. The van der Waals surface area contributed by atoms with Gasteiger partial charge >= 0.3 is 0 Å². The first-order valence-corrected chi connectivity index (χ1v) is 12.3. The van der Waals surface area contributed by atoms with Gasteiger partial charge in [-0.3, -0.25) is 9.89 Å².